The molecule has 2 nitrogen and oxygen atoms in total. The van der Waals surface area contributed by atoms with Crippen LogP contribution in [0.5, 0.6) is 0 Å². The summed E-state index contributed by atoms with van der Waals surface area (Å²) in [5, 5.41) is 0. The number of likely N-dealkylation sites (N-methyl/N-ethyl adjacent to an activating group) is 1. The van der Waals surface area contributed by atoms with Gasteiger partial charge in [0.1, 0.15) is 0 Å². The minimum Gasteiger partial charge on any atom is -0.322 e. The average molecular weight is 260 g/mol. The SMILES string of the molecule is Cc1cccc(C(N)C2(N(C)C)CCCCC2)c1C. The van der Waals surface area contributed by atoms with Crippen molar-refractivity contribution in [1.29, 1.82) is 0 Å². The Hall–Kier alpha value is -0.860. The number of benzene rings is 1. The maximum Gasteiger partial charge on any atom is 0.0484 e. The maximum atomic E-state index is 6.73. The van der Waals surface area contributed by atoms with Gasteiger partial charge in [-0.15, -0.1) is 0 Å². The first-order valence-corrected chi connectivity index (χ1v) is 7.48. The fraction of sp³-hybridized carbons (Fsp3) is 0.647. The molecule has 1 saturated carbocycles. The van der Waals surface area contributed by atoms with Crippen molar-refractivity contribution in [3.63, 3.8) is 0 Å². The number of hydrogen-bond donors (Lipinski definition) is 1. The Morgan fingerprint density at radius 1 is 1.11 bits per heavy atom. The summed E-state index contributed by atoms with van der Waals surface area (Å²) in [5.41, 5.74) is 10.9. The Balaban J connectivity index is 2.39. The molecule has 0 aromatic heterocycles. The van der Waals surface area contributed by atoms with E-state index < -0.39 is 0 Å². The number of nitrogens with zero attached hydrogens (tertiary/aromatic N) is 1. The van der Waals surface area contributed by atoms with E-state index in [2.05, 4.69) is 51.0 Å². The highest BCUT2D eigenvalue weighted by Crippen LogP contribution is 2.41. The van der Waals surface area contributed by atoms with Crippen LogP contribution in [0, 0.1) is 13.8 Å². The average Bonchev–Trinajstić information content (AvgIpc) is 2.41. The molecule has 0 amide bonds. The van der Waals surface area contributed by atoms with Gasteiger partial charge in [-0.05, 0) is 57.5 Å². The van der Waals surface area contributed by atoms with Crippen LogP contribution < -0.4 is 5.73 Å². The van der Waals surface area contributed by atoms with Gasteiger partial charge in [-0.2, -0.15) is 0 Å². The van der Waals surface area contributed by atoms with Crippen LogP contribution >= 0.6 is 0 Å². The number of nitrogens with two attached hydrogens (primary N) is 1. The lowest BCUT2D eigenvalue weighted by Crippen LogP contribution is -2.53. The van der Waals surface area contributed by atoms with E-state index in [1.165, 1.54) is 48.8 Å². The highest BCUT2D eigenvalue weighted by atomic mass is 15.2. The summed E-state index contributed by atoms with van der Waals surface area (Å²) in [6.07, 6.45) is 6.39. The van der Waals surface area contributed by atoms with Gasteiger partial charge in [-0.3, -0.25) is 0 Å². The summed E-state index contributed by atoms with van der Waals surface area (Å²) in [5.74, 6) is 0. The molecule has 1 atom stereocenters. The zero-order valence-electron chi connectivity index (χ0n) is 12.9. The molecule has 0 spiro atoms. The van der Waals surface area contributed by atoms with Crippen LogP contribution in [-0.2, 0) is 0 Å². The number of aryl methyl sites for hydroxylation is 1. The van der Waals surface area contributed by atoms with E-state index >= 15 is 0 Å². The van der Waals surface area contributed by atoms with Crippen molar-refractivity contribution < 1.29 is 0 Å². The predicted octanol–water partition coefficient (Wildman–Crippen LogP) is 3.57. The molecule has 0 heterocycles. The van der Waals surface area contributed by atoms with E-state index in [1.807, 2.05) is 0 Å². The molecular weight excluding hydrogens is 232 g/mol. The number of rotatable bonds is 3. The zero-order valence-corrected chi connectivity index (χ0v) is 12.9. The zero-order chi connectivity index (χ0) is 14.0. The Labute approximate surface area is 118 Å². The largest absolute Gasteiger partial charge is 0.322 e. The maximum absolute atomic E-state index is 6.73. The molecule has 2 heteroatoms. The van der Waals surface area contributed by atoms with Gasteiger partial charge in [-0.1, -0.05) is 37.5 Å². The molecule has 2 rings (SSSR count). The quantitative estimate of drug-likeness (QED) is 0.900. The minimum atomic E-state index is 0.114. The van der Waals surface area contributed by atoms with Gasteiger partial charge in [0, 0.05) is 11.6 Å². The first-order chi connectivity index (χ1) is 8.99. The van der Waals surface area contributed by atoms with E-state index in [1.54, 1.807) is 0 Å². The monoisotopic (exact) mass is 260 g/mol. The highest BCUT2D eigenvalue weighted by molar-refractivity contribution is 5.37. The van der Waals surface area contributed by atoms with Gasteiger partial charge in [0.25, 0.3) is 0 Å². The lowest BCUT2D eigenvalue weighted by molar-refractivity contribution is 0.0711. The van der Waals surface area contributed by atoms with E-state index in [0.717, 1.165) is 0 Å². The van der Waals surface area contributed by atoms with Crippen LogP contribution in [0.15, 0.2) is 18.2 Å². The van der Waals surface area contributed by atoms with Crippen molar-refractivity contribution in [3.05, 3.63) is 34.9 Å². The Bertz CT molecular complexity index is 431. The van der Waals surface area contributed by atoms with Gasteiger partial charge in [0.05, 0.1) is 0 Å². The summed E-state index contributed by atoms with van der Waals surface area (Å²) in [4.78, 5) is 2.37. The molecule has 1 aliphatic rings. The highest BCUT2D eigenvalue weighted by Gasteiger charge is 2.41. The third-order valence-corrected chi connectivity index (χ3v) is 5.17. The summed E-state index contributed by atoms with van der Waals surface area (Å²) >= 11 is 0. The molecule has 0 aliphatic heterocycles. The summed E-state index contributed by atoms with van der Waals surface area (Å²) in [6.45, 7) is 4.38. The van der Waals surface area contributed by atoms with Crippen LogP contribution in [0.3, 0.4) is 0 Å². The van der Waals surface area contributed by atoms with Gasteiger partial charge < -0.3 is 10.6 Å². The van der Waals surface area contributed by atoms with E-state index in [-0.39, 0.29) is 11.6 Å². The van der Waals surface area contributed by atoms with Crippen LogP contribution in [0.2, 0.25) is 0 Å². The molecule has 0 saturated heterocycles. The predicted molar refractivity (Wildman–Crippen MR) is 82.3 cm³/mol. The molecule has 1 aromatic carbocycles. The van der Waals surface area contributed by atoms with Crippen molar-refractivity contribution in [2.75, 3.05) is 14.1 Å². The van der Waals surface area contributed by atoms with Crippen LogP contribution in [0.1, 0.15) is 54.8 Å². The van der Waals surface area contributed by atoms with E-state index in [4.69, 9.17) is 5.73 Å². The molecule has 1 fully saturated rings. The van der Waals surface area contributed by atoms with Gasteiger partial charge >= 0.3 is 0 Å². The standard InChI is InChI=1S/C17H28N2/c1-13-9-8-10-15(14(13)2)16(18)17(19(3)4)11-6-5-7-12-17/h8-10,16H,5-7,11-12,18H2,1-4H3. The minimum absolute atomic E-state index is 0.114. The van der Waals surface area contributed by atoms with Crippen molar-refractivity contribution in [3.8, 4) is 0 Å². The van der Waals surface area contributed by atoms with E-state index in [0.29, 0.717) is 0 Å². The lowest BCUT2D eigenvalue weighted by atomic mass is 9.72. The molecule has 0 radical (unpaired) electrons. The second-order valence-electron chi connectivity index (χ2n) is 6.33. The number of hydrogen-bond acceptors (Lipinski definition) is 2. The summed E-state index contributed by atoms with van der Waals surface area (Å²) in [6, 6.07) is 6.65. The second kappa shape index (κ2) is 5.64. The van der Waals surface area contributed by atoms with Crippen LogP contribution in [0.4, 0.5) is 0 Å². The lowest BCUT2D eigenvalue weighted by Gasteiger charge is -2.47. The molecule has 19 heavy (non-hydrogen) atoms. The van der Waals surface area contributed by atoms with Crippen LogP contribution in [0.25, 0.3) is 0 Å². The van der Waals surface area contributed by atoms with E-state index in [9.17, 15) is 0 Å². The molecule has 1 aromatic rings. The first-order valence-electron chi connectivity index (χ1n) is 7.48. The van der Waals surface area contributed by atoms with Crippen molar-refractivity contribution >= 4 is 0 Å². The first kappa shape index (κ1) is 14.5. The normalized spacial score (nSPS) is 20.5. The molecule has 1 unspecified atom stereocenters. The molecule has 2 N–H and O–H groups in total. The third-order valence-electron chi connectivity index (χ3n) is 5.17. The molecule has 106 valence electrons. The summed E-state index contributed by atoms with van der Waals surface area (Å²) in [7, 11) is 4.38. The van der Waals surface area contributed by atoms with Gasteiger partial charge in [0.2, 0.25) is 0 Å². The fourth-order valence-electron chi connectivity index (χ4n) is 3.60. The Kier molecular flexibility index (Phi) is 4.32. The van der Waals surface area contributed by atoms with Crippen molar-refractivity contribution in [2.24, 2.45) is 5.73 Å². The second-order valence-corrected chi connectivity index (χ2v) is 6.33. The smallest absolute Gasteiger partial charge is 0.0484 e. The van der Waals surface area contributed by atoms with Gasteiger partial charge in [-0.25, -0.2) is 0 Å². The van der Waals surface area contributed by atoms with Crippen LogP contribution in [-0.4, -0.2) is 24.5 Å². The van der Waals surface area contributed by atoms with Crippen molar-refractivity contribution in [1.82, 2.24) is 4.90 Å². The fourth-order valence-corrected chi connectivity index (χ4v) is 3.60. The molecule has 1 aliphatic carbocycles. The molecule has 0 bridgehead atoms. The topological polar surface area (TPSA) is 29.3 Å². The van der Waals surface area contributed by atoms with Crippen molar-refractivity contribution in [2.45, 2.75) is 57.5 Å². The summed E-state index contributed by atoms with van der Waals surface area (Å²) < 4.78 is 0. The van der Waals surface area contributed by atoms with Gasteiger partial charge in [0.15, 0.2) is 0 Å². The third kappa shape index (κ3) is 2.56. The Morgan fingerprint density at radius 3 is 2.32 bits per heavy atom. The molecular formula is C17H28N2. The Morgan fingerprint density at radius 2 is 1.74 bits per heavy atom.